The molecule has 2 atom stereocenters. The molecule has 0 bridgehead atoms. The van der Waals surface area contributed by atoms with E-state index in [1.165, 1.54) is 7.11 Å². The molecule has 0 fully saturated rings. The van der Waals surface area contributed by atoms with Crippen LogP contribution in [0, 0.1) is 5.92 Å². The second-order valence-corrected chi connectivity index (χ2v) is 3.94. The van der Waals surface area contributed by atoms with Gasteiger partial charge in [0, 0.05) is 19.6 Å². The smallest absolute Gasteiger partial charge is 0.305 e. The van der Waals surface area contributed by atoms with Crippen molar-refractivity contribution in [1.29, 1.82) is 0 Å². The lowest BCUT2D eigenvalue weighted by atomic mass is 10.1. The molecule has 2 unspecified atom stereocenters. The molecule has 0 saturated heterocycles. The Labute approximate surface area is 91.6 Å². The highest BCUT2D eigenvalue weighted by Gasteiger charge is 2.06. The number of rotatable bonds is 8. The third-order valence-electron chi connectivity index (χ3n) is 2.04. The summed E-state index contributed by atoms with van der Waals surface area (Å²) in [6.07, 6.45) is 1.56. The summed E-state index contributed by atoms with van der Waals surface area (Å²) in [7, 11) is 1.38. The Morgan fingerprint density at radius 3 is 2.60 bits per heavy atom. The Morgan fingerprint density at radius 2 is 2.07 bits per heavy atom. The summed E-state index contributed by atoms with van der Waals surface area (Å²) in [5, 5.41) is 9.11. The van der Waals surface area contributed by atoms with Crippen molar-refractivity contribution < 1.29 is 19.4 Å². The standard InChI is InChI=1S/C11H22O4/c1-9(7-10(2)12)8-15-6-4-5-11(13)14-3/h9-10,12H,4-8H2,1-3H3. The summed E-state index contributed by atoms with van der Waals surface area (Å²) in [6, 6.07) is 0. The van der Waals surface area contributed by atoms with Crippen molar-refractivity contribution in [3.05, 3.63) is 0 Å². The number of carbonyl (C=O) groups excluding carboxylic acids is 1. The predicted molar refractivity (Wildman–Crippen MR) is 57.5 cm³/mol. The van der Waals surface area contributed by atoms with Crippen LogP contribution in [0.5, 0.6) is 0 Å². The van der Waals surface area contributed by atoms with E-state index in [-0.39, 0.29) is 12.1 Å². The van der Waals surface area contributed by atoms with Crippen LogP contribution >= 0.6 is 0 Å². The van der Waals surface area contributed by atoms with Crippen molar-refractivity contribution in [2.75, 3.05) is 20.3 Å². The highest BCUT2D eigenvalue weighted by atomic mass is 16.5. The van der Waals surface area contributed by atoms with E-state index in [1.807, 2.05) is 6.92 Å². The molecule has 0 aromatic rings. The molecule has 0 aliphatic rings. The first-order valence-electron chi connectivity index (χ1n) is 5.39. The van der Waals surface area contributed by atoms with Crippen molar-refractivity contribution in [3.63, 3.8) is 0 Å². The Balaban J connectivity index is 3.27. The molecule has 0 heterocycles. The lowest BCUT2D eigenvalue weighted by Crippen LogP contribution is -2.13. The molecule has 1 N–H and O–H groups in total. The van der Waals surface area contributed by atoms with Gasteiger partial charge in [0.05, 0.1) is 13.2 Å². The zero-order chi connectivity index (χ0) is 11.7. The highest BCUT2D eigenvalue weighted by molar-refractivity contribution is 5.68. The Kier molecular flexibility index (Phi) is 8.33. The number of methoxy groups -OCH3 is 1. The maximum Gasteiger partial charge on any atom is 0.305 e. The average Bonchev–Trinajstić information content (AvgIpc) is 2.15. The largest absolute Gasteiger partial charge is 0.469 e. The van der Waals surface area contributed by atoms with Gasteiger partial charge in [0.1, 0.15) is 0 Å². The second kappa shape index (κ2) is 8.68. The van der Waals surface area contributed by atoms with E-state index in [4.69, 9.17) is 9.84 Å². The van der Waals surface area contributed by atoms with Gasteiger partial charge in [-0.25, -0.2) is 0 Å². The van der Waals surface area contributed by atoms with Crippen molar-refractivity contribution in [1.82, 2.24) is 0 Å². The van der Waals surface area contributed by atoms with Crippen LogP contribution < -0.4 is 0 Å². The van der Waals surface area contributed by atoms with Crippen molar-refractivity contribution >= 4 is 5.97 Å². The lowest BCUT2D eigenvalue weighted by Gasteiger charge is -2.13. The second-order valence-electron chi connectivity index (χ2n) is 3.94. The summed E-state index contributed by atoms with van der Waals surface area (Å²) in [5.41, 5.74) is 0. The third kappa shape index (κ3) is 9.69. The molecular formula is C11H22O4. The van der Waals surface area contributed by atoms with Gasteiger partial charge in [-0.2, -0.15) is 0 Å². The normalized spacial score (nSPS) is 14.7. The van der Waals surface area contributed by atoms with Crippen molar-refractivity contribution in [2.24, 2.45) is 5.92 Å². The van der Waals surface area contributed by atoms with Crippen molar-refractivity contribution in [3.8, 4) is 0 Å². The third-order valence-corrected chi connectivity index (χ3v) is 2.04. The number of hydrogen-bond acceptors (Lipinski definition) is 4. The van der Waals surface area contributed by atoms with Crippen LogP contribution in [0.15, 0.2) is 0 Å². The Hall–Kier alpha value is -0.610. The SMILES string of the molecule is COC(=O)CCCOCC(C)CC(C)O. The quantitative estimate of drug-likeness (QED) is 0.494. The zero-order valence-electron chi connectivity index (χ0n) is 9.86. The van der Waals surface area contributed by atoms with E-state index >= 15 is 0 Å². The van der Waals surface area contributed by atoms with Crippen LogP contribution in [0.2, 0.25) is 0 Å². The van der Waals surface area contributed by atoms with Crippen LogP contribution in [-0.4, -0.2) is 37.5 Å². The average molecular weight is 218 g/mol. The molecule has 15 heavy (non-hydrogen) atoms. The minimum Gasteiger partial charge on any atom is -0.469 e. The summed E-state index contributed by atoms with van der Waals surface area (Å²) >= 11 is 0. The molecule has 0 rings (SSSR count). The van der Waals surface area contributed by atoms with Crippen LogP contribution in [0.25, 0.3) is 0 Å². The first-order chi connectivity index (χ1) is 7.06. The number of hydrogen-bond donors (Lipinski definition) is 1. The van der Waals surface area contributed by atoms with Gasteiger partial charge in [-0.3, -0.25) is 4.79 Å². The van der Waals surface area contributed by atoms with Crippen LogP contribution in [-0.2, 0) is 14.3 Å². The Morgan fingerprint density at radius 1 is 1.40 bits per heavy atom. The number of aliphatic hydroxyl groups is 1. The van der Waals surface area contributed by atoms with E-state index < -0.39 is 0 Å². The maximum atomic E-state index is 10.7. The molecular weight excluding hydrogens is 196 g/mol. The molecule has 0 aromatic heterocycles. The number of ether oxygens (including phenoxy) is 2. The van der Waals surface area contributed by atoms with E-state index in [1.54, 1.807) is 6.92 Å². The molecule has 4 heteroatoms. The monoisotopic (exact) mass is 218 g/mol. The van der Waals surface area contributed by atoms with Gasteiger partial charge in [0.25, 0.3) is 0 Å². The van der Waals surface area contributed by atoms with E-state index in [2.05, 4.69) is 4.74 Å². The first-order valence-corrected chi connectivity index (χ1v) is 5.39. The van der Waals surface area contributed by atoms with E-state index in [0.29, 0.717) is 32.0 Å². The fourth-order valence-corrected chi connectivity index (χ4v) is 1.36. The molecule has 90 valence electrons. The maximum absolute atomic E-state index is 10.7. The minimum absolute atomic E-state index is 0.198. The van der Waals surface area contributed by atoms with Gasteiger partial charge in [-0.1, -0.05) is 6.92 Å². The van der Waals surface area contributed by atoms with Crippen molar-refractivity contribution in [2.45, 2.75) is 39.2 Å². The predicted octanol–water partition coefficient (Wildman–Crippen LogP) is 1.36. The first kappa shape index (κ1) is 14.4. The molecule has 0 amide bonds. The Bertz CT molecular complexity index is 168. The topological polar surface area (TPSA) is 55.8 Å². The summed E-state index contributed by atoms with van der Waals surface area (Å²) < 4.78 is 9.88. The van der Waals surface area contributed by atoms with Crippen LogP contribution in [0.3, 0.4) is 0 Å². The molecule has 4 nitrogen and oxygen atoms in total. The van der Waals surface area contributed by atoms with Gasteiger partial charge >= 0.3 is 5.97 Å². The molecule has 0 saturated carbocycles. The highest BCUT2D eigenvalue weighted by Crippen LogP contribution is 2.06. The summed E-state index contributed by atoms with van der Waals surface area (Å²) in [5.74, 6) is 0.152. The molecule has 0 radical (unpaired) electrons. The van der Waals surface area contributed by atoms with Gasteiger partial charge in [0.15, 0.2) is 0 Å². The van der Waals surface area contributed by atoms with Crippen LogP contribution in [0.4, 0.5) is 0 Å². The lowest BCUT2D eigenvalue weighted by molar-refractivity contribution is -0.141. The molecule has 0 aromatic carbocycles. The van der Waals surface area contributed by atoms with Gasteiger partial charge < -0.3 is 14.6 Å². The van der Waals surface area contributed by atoms with E-state index in [0.717, 1.165) is 6.42 Å². The fourth-order valence-electron chi connectivity index (χ4n) is 1.36. The number of carbonyl (C=O) groups is 1. The molecule has 0 aliphatic heterocycles. The summed E-state index contributed by atoms with van der Waals surface area (Å²) in [4.78, 5) is 10.7. The van der Waals surface area contributed by atoms with Gasteiger partial charge in [-0.15, -0.1) is 0 Å². The van der Waals surface area contributed by atoms with Gasteiger partial charge in [0.2, 0.25) is 0 Å². The molecule has 0 aliphatic carbocycles. The van der Waals surface area contributed by atoms with E-state index in [9.17, 15) is 4.79 Å². The fraction of sp³-hybridized carbons (Fsp3) is 0.909. The number of esters is 1. The van der Waals surface area contributed by atoms with Gasteiger partial charge in [-0.05, 0) is 25.7 Å². The minimum atomic E-state index is -0.279. The number of aliphatic hydroxyl groups excluding tert-OH is 1. The summed E-state index contributed by atoms with van der Waals surface area (Å²) in [6.45, 7) is 5.01. The zero-order valence-corrected chi connectivity index (χ0v) is 9.86. The molecule has 0 spiro atoms. The van der Waals surface area contributed by atoms with Crippen LogP contribution in [0.1, 0.15) is 33.1 Å².